The van der Waals surface area contributed by atoms with Crippen LogP contribution >= 0.6 is 0 Å². The van der Waals surface area contributed by atoms with E-state index in [4.69, 9.17) is 5.73 Å². The van der Waals surface area contributed by atoms with Crippen LogP contribution in [0.3, 0.4) is 0 Å². The molecule has 108 valence electrons. The Morgan fingerprint density at radius 3 is 2.57 bits per heavy atom. The highest BCUT2D eigenvalue weighted by Crippen LogP contribution is 2.30. The lowest BCUT2D eigenvalue weighted by Crippen LogP contribution is -2.36. The summed E-state index contributed by atoms with van der Waals surface area (Å²) >= 11 is 0. The summed E-state index contributed by atoms with van der Waals surface area (Å²) in [5.74, 6) is -2.35. The van der Waals surface area contributed by atoms with Crippen LogP contribution < -0.4 is 10.6 Å². The van der Waals surface area contributed by atoms with E-state index in [1.54, 1.807) is 18.2 Å². The largest absolute Gasteiger partial charge is 0.399 e. The molecule has 5 heteroatoms. The highest BCUT2D eigenvalue weighted by Gasteiger charge is 2.27. The number of carbonyl (C=O) groups is 1. The average Bonchev–Trinajstić information content (AvgIpc) is 2.46. The second-order valence-corrected chi connectivity index (χ2v) is 5.05. The van der Waals surface area contributed by atoms with Crippen molar-refractivity contribution in [3.63, 3.8) is 0 Å². The van der Waals surface area contributed by atoms with Crippen molar-refractivity contribution in [1.82, 2.24) is 0 Å². The SMILES string of the molecule is Nc1ccc2c(c1)CCCN2C(=O)c1c(F)cccc1F. The van der Waals surface area contributed by atoms with Gasteiger partial charge in [-0.15, -0.1) is 0 Å². The number of benzene rings is 2. The number of halogens is 2. The molecule has 0 bridgehead atoms. The molecule has 2 aromatic rings. The summed E-state index contributed by atoms with van der Waals surface area (Å²) < 4.78 is 27.6. The molecule has 0 fully saturated rings. The minimum atomic E-state index is -0.845. The van der Waals surface area contributed by atoms with E-state index < -0.39 is 23.1 Å². The summed E-state index contributed by atoms with van der Waals surface area (Å²) in [5.41, 5.74) is 7.43. The van der Waals surface area contributed by atoms with Gasteiger partial charge in [-0.3, -0.25) is 4.79 Å². The minimum absolute atomic E-state index is 0.434. The van der Waals surface area contributed by atoms with E-state index in [1.165, 1.54) is 11.0 Å². The third-order valence-electron chi connectivity index (χ3n) is 3.64. The fourth-order valence-corrected chi connectivity index (χ4v) is 2.67. The summed E-state index contributed by atoms with van der Waals surface area (Å²) in [6.07, 6.45) is 1.53. The lowest BCUT2D eigenvalue weighted by molar-refractivity contribution is 0.0977. The Morgan fingerprint density at radius 2 is 1.86 bits per heavy atom. The van der Waals surface area contributed by atoms with Crippen LogP contribution in [0, 0.1) is 11.6 Å². The number of nitrogens with two attached hydrogens (primary N) is 1. The standard InChI is InChI=1S/C16H14F2N2O/c17-12-4-1-5-13(18)15(12)16(21)20-8-2-3-10-9-11(19)6-7-14(10)20/h1,4-7,9H,2-3,8,19H2. The maximum absolute atomic E-state index is 13.8. The number of rotatable bonds is 1. The lowest BCUT2D eigenvalue weighted by Gasteiger charge is -2.30. The van der Waals surface area contributed by atoms with E-state index in [-0.39, 0.29) is 0 Å². The van der Waals surface area contributed by atoms with Gasteiger partial charge >= 0.3 is 0 Å². The van der Waals surface area contributed by atoms with Gasteiger partial charge in [-0.1, -0.05) is 6.07 Å². The van der Waals surface area contributed by atoms with Crippen LogP contribution in [0.4, 0.5) is 20.2 Å². The first-order valence-electron chi connectivity index (χ1n) is 6.72. The molecule has 1 aliphatic rings. The van der Waals surface area contributed by atoms with Gasteiger partial charge in [-0.2, -0.15) is 0 Å². The maximum Gasteiger partial charge on any atom is 0.264 e. The number of nitrogen functional groups attached to an aromatic ring is 1. The van der Waals surface area contributed by atoms with Crippen molar-refractivity contribution in [2.45, 2.75) is 12.8 Å². The highest BCUT2D eigenvalue weighted by molar-refractivity contribution is 6.07. The fraction of sp³-hybridized carbons (Fsp3) is 0.188. The molecule has 0 aromatic heterocycles. The molecule has 0 radical (unpaired) electrons. The number of aryl methyl sites for hydroxylation is 1. The van der Waals surface area contributed by atoms with Gasteiger partial charge in [0.2, 0.25) is 0 Å². The summed E-state index contributed by atoms with van der Waals surface area (Å²) in [6.45, 7) is 0.434. The molecule has 21 heavy (non-hydrogen) atoms. The number of hydrogen-bond acceptors (Lipinski definition) is 2. The first-order valence-corrected chi connectivity index (χ1v) is 6.72. The minimum Gasteiger partial charge on any atom is -0.399 e. The van der Waals surface area contributed by atoms with Crippen molar-refractivity contribution in [1.29, 1.82) is 0 Å². The zero-order valence-electron chi connectivity index (χ0n) is 11.3. The van der Waals surface area contributed by atoms with Gasteiger partial charge in [-0.05, 0) is 48.7 Å². The van der Waals surface area contributed by atoms with E-state index >= 15 is 0 Å². The molecule has 3 rings (SSSR count). The molecule has 0 saturated carbocycles. The predicted molar refractivity (Wildman–Crippen MR) is 77.2 cm³/mol. The van der Waals surface area contributed by atoms with Crippen molar-refractivity contribution in [3.05, 3.63) is 59.2 Å². The summed E-state index contributed by atoms with van der Waals surface area (Å²) in [7, 11) is 0. The van der Waals surface area contributed by atoms with Gasteiger partial charge in [-0.25, -0.2) is 8.78 Å². The zero-order valence-corrected chi connectivity index (χ0v) is 11.3. The molecular weight excluding hydrogens is 274 g/mol. The number of nitrogens with zero attached hydrogens (tertiary/aromatic N) is 1. The Balaban J connectivity index is 2.05. The van der Waals surface area contributed by atoms with Gasteiger partial charge in [0, 0.05) is 17.9 Å². The van der Waals surface area contributed by atoms with Crippen molar-refractivity contribution < 1.29 is 13.6 Å². The number of amides is 1. The Kier molecular flexibility index (Phi) is 3.33. The maximum atomic E-state index is 13.8. The highest BCUT2D eigenvalue weighted by atomic mass is 19.1. The van der Waals surface area contributed by atoms with E-state index in [0.29, 0.717) is 17.9 Å². The van der Waals surface area contributed by atoms with Crippen LogP contribution in [0.5, 0.6) is 0 Å². The monoisotopic (exact) mass is 288 g/mol. The summed E-state index contributed by atoms with van der Waals surface area (Å²) in [4.78, 5) is 13.9. The van der Waals surface area contributed by atoms with Crippen molar-refractivity contribution >= 4 is 17.3 Å². The molecule has 0 atom stereocenters. The van der Waals surface area contributed by atoms with Crippen LogP contribution in [0.15, 0.2) is 36.4 Å². The van der Waals surface area contributed by atoms with Crippen LogP contribution in [0.2, 0.25) is 0 Å². The van der Waals surface area contributed by atoms with Crippen LogP contribution in [-0.4, -0.2) is 12.5 Å². The van der Waals surface area contributed by atoms with Crippen LogP contribution in [0.25, 0.3) is 0 Å². The molecule has 1 amide bonds. The zero-order chi connectivity index (χ0) is 15.0. The Morgan fingerprint density at radius 1 is 1.14 bits per heavy atom. The van der Waals surface area contributed by atoms with Gasteiger partial charge in [0.1, 0.15) is 17.2 Å². The topological polar surface area (TPSA) is 46.3 Å². The molecule has 0 aliphatic carbocycles. The first kappa shape index (κ1) is 13.5. The van der Waals surface area contributed by atoms with Crippen LogP contribution in [-0.2, 0) is 6.42 Å². The average molecular weight is 288 g/mol. The summed E-state index contributed by atoms with van der Waals surface area (Å²) in [5, 5.41) is 0. The Labute approximate surface area is 121 Å². The molecule has 2 aromatic carbocycles. The third kappa shape index (κ3) is 2.35. The van der Waals surface area contributed by atoms with Crippen LogP contribution in [0.1, 0.15) is 22.3 Å². The van der Waals surface area contributed by atoms with E-state index in [1.807, 2.05) is 0 Å². The molecule has 3 nitrogen and oxygen atoms in total. The number of anilines is 2. The number of fused-ring (bicyclic) bond motifs is 1. The molecule has 0 saturated heterocycles. The van der Waals surface area contributed by atoms with E-state index in [9.17, 15) is 13.6 Å². The van der Waals surface area contributed by atoms with Gasteiger partial charge in [0.25, 0.3) is 5.91 Å². The number of carbonyl (C=O) groups excluding carboxylic acids is 1. The van der Waals surface area contributed by atoms with E-state index in [2.05, 4.69) is 0 Å². The van der Waals surface area contributed by atoms with Gasteiger partial charge < -0.3 is 10.6 Å². The van der Waals surface area contributed by atoms with Gasteiger partial charge in [0.05, 0.1) is 0 Å². The molecule has 2 N–H and O–H groups in total. The molecular formula is C16H14F2N2O. The van der Waals surface area contributed by atoms with Crippen molar-refractivity contribution in [3.8, 4) is 0 Å². The second-order valence-electron chi connectivity index (χ2n) is 5.05. The quantitative estimate of drug-likeness (QED) is 0.819. The number of hydrogen-bond donors (Lipinski definition) is 1. The molecule has 0 unspecified atom stereocenters. The third-order valence-corrected chi connectivity index (χ3v) is 3.64. The molecule has 1 heterocycles. The van der Waals surface area contributed by atoms with Gasteiger partial charge in [0.15, 0.2) is 0 Å². The first-order chi connectivity index (χ1) is 10.1. The smallest absolute Gasteiger partial charge is 0.264 e. The van der Waals surface area contributed by atoms with Crippen molar-refractivity contribution in [2.24, 2.45) is 0 Å². The fourth-order valence-electron chi connectivity index (χ4n) is 2.67. The lowest BCUT2D eigenvalue weighted by atomic mass is 10.00. The van der Waals surface area contributed by atoms with Crippen molar-refractivity contribution in [2.75, 3.05) is 17.2 Å². The summed E-state index contributed by atoms with van der Waals surface area (Å²) in [6, 6.07) is 8.62. The normalized spacial score (nSPS) is 13.9. The Hall–Kier alpha value is -2.43. The molecule has 1 aliphatic heterocycles. The Bertz CT molecular complexity index is 695. The molecule has 0 spiro atoms. The predicted octanol–water partition coefficient (Wildman–Crippen LogP) is 3.14. The van der Waals surface area contributed by atoms with E-state index in [0.717, 1.165) is 30.5 Å². The second kappa shape index (κ2) is 5.16.